The number of nitro benzene ring substituents is 1. The van der Waals surface area contributed by atoms with Gasteiger partial charge in [-0.1, -0.05) is 11.6 Å². The predicted molar refractivity (Wildman–Crippen MR) is 70.3 cm³/mol. The van der Waals surface area contributed by atoms with Gasteiger partial charge in [-0.05, 0) is 25.3 Å². The van der Waals surface area contributed by atoms with Gasteiger partial charge in [0.15, 0.2) is 5.75 Å². The van der Waals surface area contributed by atoms with Gasteiger partial charge >= 0.3 is 5.69 Å². The molecule has 3 N–H and O–H groups in total. The highest BCUT2D eigenvalue weighted by Gasteiger charge is 2.33. The summed E-state index contributed by atoms with van der Waals surface area (Å²) in [6, 6.07) is 2.58. The fourth-order valence-corrected chi connectivity index (χ4v) is 2.34. The van der Waals surface area contributed by atoms with Crippen LogP contribution in [0.1, 0.15) is 24.8 Å². The molecule has 1 aromatic rings. The zero-order valence-electron chi connectivity index (χ0n) is 10.2. The number of nitrogens with one attached hydrogen (secondary N) is 1. The Morgan fingerprint density at radius 2 is 2.16 bits per heavy atom. The number of aliphatic hydroxyl groups is 1. The summed E-state index contributed by atoms with van der Waals surface area (Å²) < 4.78 is 0. The number of aromatic hydroxyl groups is 1. The summed E-state index contributed by atoms with van der Waals surface area (Å²) in [7, 11) is 0. The highest BCUT2D eigenvalue weighted by Crippen LogP contribution is 2.34. The Kier molecular flexibility index (Phi) is 3.93. The van der Waals surface area contributed by atoms with Crippen molar-refractivity contribution >= 4 is 17.3 Å². The van der Waals surface area contributed by atoms with E-state index in [1.165, 1.54) is 6.07 Å². The molecule has 0 atom stereocenters. The highest BCUT2D eigenvalue weighted by molar-refractivity contribution is 6.31. The number of hydrogen-bond acceptors (Lipinski definition) is 5. The number of halogens is 1. The maximum atomic E-state index is 10.7. The van der Waals surface area contributed by atoms with E-state index in [9.17, 15) is 20.3 Å². The van der Waals surface area contributed by atoms with Crippen LogP contribution in [-0.2, 0) is 6.54 Å². The van der Waals surface area contributed by atoms with Gasteiger partial charge in [-0.2, -0.15) is 0 Å². The van der Waals surface area contributed by atoms with Crippen LogP contribution in [0.3, 0.4) is 0 Å². The fraction of sp³-hybridized carbons (Fsp3) is 0.500. The van der Waals surface area contributed by atoms with E-state index in [4.69, 9.17) is 11.6 Å². The van der Waals surface area contributed by atoms with E-state index in [1.807, 2.05) is 0 Å². The van der Waals surface area contributed by atoms with Crippen LogP contribution >= 0.6 is 11.6 Å². The number of benzene rings is 1. The topological polar surface area (TPSA) is 95.6 Å². The minimum atomic E-state index is -0.680. The van der Waals surface area contributed by atoms with Crippen molar-refractivity contribution in [2.24, 2.45) is 0 Å². The van der Waals surface area contributed by atoms with Gasteiger partial charge in [-0.3, -0.25) is 10.1 Å². The lowest BCUT2D eigenvalue weighted by Crippen LogP contribution is -2.45. The molecule has 0 saturated heterocycles. The first-order valence-corrected chi connectivity index (χ1v) is 6.38. The van der Waals surface area contributed by atoms with Crippen molar-refractivity contribution < 1.29 is 15.1 Å². The van der Waals surface area contributed by atoms with Crippen molar-refractivity contribution in [2.75, 3.05) is 6.54 Å². The first kappa shape index (κ1) is 14.0. The van der Waals surface area contributed by atoms with Crippen LogP contribution in [0.25, 0.3) is 0 Å². The molecule has 6 nitrogen and oxygen atoms in total. The SMILES string of the molecule is O=[N+]([O-])c1cc(Cl)cc(CNCC2(O)CCC2)c1O. The Balaban J connectivity index is 2.05. The zero-order chi connectivity index (χ0) is 14.0. The second kappa shape index (κ2) is 5.32. The maximum absolute atomic E-state index is 10.7. The second-order valence-electron chi connectivity index (χ2n) is 4.87. The summed E-state index contributed by atoms with van der Waals surface area (Å²) in [6.07, 6.45) is 2.51. The number of nitrogens with zero attached hydrogens (tertiary/aromatic N) is 1. The van der Waals surface area contributed by atoms with Gasteiger partial charge in [-0.15, -0.1) is 0 Å². The summed E-state index contributed by atoms with van der Waals surface area (Å²) in [5.74, 6) is -0.387. The Labute approximate surface area is 115 Å². The third kappa shape index (κ3) is 3.15. The molecule has 0 aromatic heterocycles. The molecule has 1 aromatic carbocycles. The van der Waals surface area contributed by atoms with E-state index in [-0.39, 0.29) is 17.3 Å². The molecule has 0 heterocycles. The van der Waals surface area contributed by atoms with E-state index in [2.05, 4.69) is 5.32 Å². The molecule has 1 aliphatic rings. The van der Waals surface area contributed by atoms with E-state index < -0.39 is 16.2 Å². The van der Waals surface area contributed by atoms with Gasteiger partial charge in [0.1, 0.15) is 0 Å². The van der Waals surface area contributed by atoms with Crippen LogP contribution in [0, 0.1) is 10.1 Å². The standard InChI is InChI=1S/C12H15ClN2O4/c13-9-4-8(11(16)10(5-9)15(18)19)6-14-7-12(17)2-1-3-12/h4-5,14,16-17H,1-3,6-7H2. The van der Waals surface area contributed by atoms with Gasteiger partial charge in [0.25, 0.3) is 0 Å². The molecule has 0 amide bonds. The molecule has 7 heteroatoms. The van der Waals surface area contributed by atoms with Crippen LogP contribution in [0.2, 0.25) is 5.02 Å². The lowest BCUT2D eigenvalue weighted by Gasteiger charge is -2.36. The minimum absolute atomic E-state index is 0.198. The molecule has 2 rings (SSSR count). The minimum Gasteiger partial charge on any atom is -0.502 e. The van der Waals surface area contributed by atoms with E-state index in [1.54, 1.807) is 0 Å². The number of hydrogen-bond donors (Lipinski definition) is 3. The number of nitro groups is 1. The van der Waals surface area contributed by atoms with Crippen molar-refractivity contribution in [3.8, 4) is 5.75 Å². The Morgan fingerprint density at radius 3 is 2.68 bits per heavy atom. The molecule has 0 unspecified atom stereocenters. The summed E-state index contributed by atoms with van der Waals surface area (Å²) in [6.45, 7) is 0.613. The Bertz CT molecular complexity index is 503. The molecule has 1 saturated carbocycles. The third-order valence-corrected chi connectivity index (χ3v) is 3.60. The van der Waals surface area contributed by atoms with Gasteiger partial charge in [0, 0.05) is 29.7 Å². The molecular weight excluding hydrogens is 272 g/mol. The maximum Gasteiger partial charge on any atom is 0.312 e. The van der Waals surface area contributed by atoms with Crippen LogP contribution in [0.15, 0.2) is 12.1 Å². The third-order valence-electron chi connectivity index (χ3n) is 3.38. The van der Waals surface area contributed by atoms with Crippen molar-refractivity contribution in [3.63, 3.8) is 0 Å². The first-order valence-electron chi connectivity index (χ1n) is 6.00. The predicted octanol–water partition coefficient (Wildman–Crippen LogP) is 1.96. The molecule has 0 spiro atoms. The van der Waals surface area contributed by atoms with Crippen LogP contribution in [-0.4, -0.2) is 27.3 Å². The lowest BCUT2D eigenvalue weighted by atomic mass is 9.80. The van der Waals surface area contributed by atoms with E-state index in [0.717, 1.165) is 25.3 Å². The Hall–Kier alpha value is -1.37. The van der Waals surface area contributed by atoms with Crippen LogP contribution in [0.4, 0.5) is 5.69 Å². The quantitative estimate of drug-likeness (QED) is 0.568. The number of rotatable bonds is 5. The van der Waals surface area contributed by atoms with Gasteiger partial charge in [-0.25, -0.2) is 0 Å². The molecule has 0 bridgehead atoms. The second-order valence-corrected chi connectivity index (χ2v) is 5.31. The zero-order valence-corrected chi connectivity index (χ0v) is 11.0. The molecule has 0 radical (unpaired) electrons. The average molecular weight is 287 g/mol. The number of phenolic OH excluding ortho intramolecular Hbond substituents is 1. The van der Waals surface area contributed by atoms with E-state index >= 15 is 0 Å². The molecule has 0 aliphatic heterocycles. The molecule has 1 aliphatic carbocycles. The van der Waals surface area contributed by atoms with Gasteiger partial charge < -0.3 is 15.5 Å². The average Bonchev–Trinajstić information content (AvgIpc) is 2.30. The molecular formula is C12H15ClN2O4. The van der Waals surface area contributed by atoms with Gasteiger partial charge in [0.05, 0.1) is 10.5 Å². The van der Waals surface area contributed by atoms with E-state index in [0.29, 0.717) is 12.1 Å². The molecule has 104 valence electrons. The number of phenols is 1. The van der Waals surface area contributed by atoms with Crippen LogP contribution < -0.4 is 5.32 Å². The molecule has 1 fully saturated rings. The summed E-state index contributed by atoms with van der Waals surface area (Å²) in [5, 5.41) is 33.6. The summed E-state index contributed by atoms with van der Waals surface area (Å²) in [4.78, 5) is 10.1. The fourth-order valence-electron chi connectivity index (χ4n) is 2.11. The Morgan fingerprint density at radius 1 is 1.47 bits per heavy atom. The van der Waals surface area contributed by atoms with Gasteiger partial charge in [0.2, 0.25) is 0 Å². The van der Waals surface area contributed by atoms with Crippen molar-refractivity contribution in [1.82, 2.24) is 5.32 Å². The van der Waals surface area contributed by atoms with Crippen molar-refractivity contribution in [2.45, 2.75) is 31.4 Å². The highest BCUT2D eigenvalue weighted by atomic mass is 35.5. The summed E-state index contributed by atoms with van der Waals surface area (Å²) >= 11 is 5.78. The molecule has 19 heavy (non-hydrogen) atoms. The summed E-state index contributed by atoms with van der Waals surface area (Å²) in [5.41, 5.74) is -0.742. The first-order chi connectivity index (χ1) is 8.91. The van der Waals surface area contributed by atoms with Crippen LogP contribution in [0.5, 0.6) is 5.75 Å². The largest absolute Gasteiger partial charge is 0.502 e. The normalized spacial score (nSPS) is 16.9. The smallest absolute Gasteiger partial charge is 0.312 e. The monoisotopic (exact) mass is 286 g/mol. The lowest BCUT2D eigenvalue weighted by molar-refractivity contribution is -0.385. The van der Waals surface area contributed by atoms with Crippen molar-refractivity contribution in [3.05, 3.63) is 32.8 Å². The van der Waals surface area contributed by atoms with Crippen molar-refractivity contribution in [1.29, 1.82) is 0 Å².